The summed E-state index contributed by atoms with van der Waals surface area (Å²) in [5, 5.41) is 7.86. The van der Waals surface area contributed by atoms with Crippen LogP contribution in [0.3, 0.4) is 0 Å². The lowest BCUT2D eigenvalue weighted by molar-refractivity contribution is 0.111. The van der Waals surface area contributed by atoms with Gasteiger partial charge in [0.15, 0.2) is 6.29 Å². The Bertz CT molecular complexity index is 536. The summed E-state index contributed by atoms with van der Waals surface area (Å²) in [6.07, 6.45) is 0.694. The number of carbonyl (C=O) groups is 1. The highest BCUT2D eigenvalue weighted by molar-refractivity contribution is 5.72. The van der Waals surface area contributed by atoms with E-state index in [-0.39, 0.29) is 5.41 Å². The van der Waals surface area contributed by atoms with Gasteiger partial charge in [-0.05, 0) is 23.1 Å². The average molecular weight is 240 g/mol. The second kappa shape index (κ2) is 4.69. The summed E-state index contributed by atoms with van der Waals surface area (Å²) in [6.45, 7) is 6.54. The Hall–Kier alpha value is -2.03. The van der Waals surface area contributed by atoms with Crippen molar-refractivity contribution in [2.75, 3.05) is 0 Å². The number of carbonyl (C=O) groups excluding carboxylic acids is 1. The number of rotatable bonds is 2. The summed E-state index contributed by atoms with van der Waals surface area (Å²) in [5.74, 6) is 0. The molecule has 1 heterocycles. The summed E-state index contributed by atoms with van der Waals surface area (Å²) >= 11 is 0. The van der Waals surface area contributed by atoms with Gasteiger partial charge in [0.2, 0.25) is 0 Å². The van der Waals surface area contributed by atoms with Crippen LogP contribution in [0, 0.1) is 0 Å². The highest BCUT2D eigenvalue weighted by Gasteiger charge is 2.13. The highest BCUT2D eigenvalue weighted by Crippen LogP contribution is 2.24. The number of hydrogen-bond donors (Lipinski definition) is 0. The van der Waals surface area contributed by atoms with Crippen LogP contribution in [0.5, 0.6) is 0 Å². The maximum atomic E-state index is 10.5. The normalized spacial score (nSPS) is 11.3. The van der Waals surface area contributed by atoms with Gasteiger partial charge in [0.05, 0.1) is 5.69 Å². The smallest absolute Gasteiger partial charge is 0.170 e. The molecule has 0 spiro atoms. The molecule has 0 bridgehead atoms. The van der Waals surface area contributed by atoms with Crippen LogP contribution < -0.4 is 0 Å². The summed E-state index contributed by atoms with van der Waals surface area (Å²) in [4.78, 5) is 10.5. The van der Waals surface area contributed by atoms with Gasteiger partial charge in [-0.25, -0.2) is 0 Å². The van der Waals surface area contributed by atoms with Gasteiger partial charge >= 0.3 is 0 Å². The van der Waals surface area contributed by atoms with Gasteiger partial charge in [-0.2, -0.15) is 0 Å². The van der Waals surface area contributed by atoms with Crippen molar-refractivity contribution >= 4 is 6.29 Å². The summed E-state index contributed by atoms with van der Waals surface area (Å²) in [5.41, 5.74) is 3.56. The Labute approximate surface area is 107 Å². The molecule has 0 saturated heterocycles. The fourth-order valence-electron chi connectivity index (χ4n) is 1.70. The quantitative estimate of drug-likeness (QED) is 0.757. The zero-order valence-corrected chi connectivity index (χ0v) is 10.8. The van der Waals surface area contributed by atoms with E-state index in [4.69, 9.17) is 0 Å². The first-order valence-electron chi connectivity index (χ1n) is 5.90. The molecule has 0 N–H and O–H groups in total. The zero-order chi connectivity index (χ0) is 13.2. The Balaban J connectivity index is 2.31. The van der Waals surface area contributed by atoms with Gasteiger partial charge in [-0.3, -0.25) is 4.79 Å². The first kappa shape index (κ1) is 12.4. The molecule has 0 atom stereocenters. The van der Waals surface area contributed by atoms with Crippen molar-refractivity contribution in [3.63, 3.8) is 0 Å². The number of nitrogens with zero attached hydrogens (tertiary/aromatic N) is 2. The SMILES string of the molecule is CC(C)(C)c1ccc(-c2ccc(C=O)nn2)cc1. The van der Waals surface area contributed by atoms with Crippen LogP contribution in [-0.4, -0.2) is 16.5 Å². The Morgan fingerprint density at radius 2 is 1.61 bits per heavy atom. The molecule has 2 rings (SSSR count). The Morgan fingerprint density at radius 3 is 2.06 bits per heavy atom. The van der Waals surface area contributed by atoms with Gasteiger partial charge in [0.1, 0.15) is 5.69 Å². The second-order valence-electron chi connectivity index (χ2n) is 5.29. The third-order valence-electron chi connectivity index (χ3n) is 2.85. The van der Waals surface area contributed by atoms with Crippen LogP contribution >= 0.6 is 0 Å². The first-order valence-corrected chi connectivity index (χ1v) is 5.90. The highest BCUT2D eigenvalue weighted by atomic mass is 16.1. The van der Waals surface area contributed by atoms with Gasteiger partial charge in [-0.1, -0.05) is 45.0 Å². The minimum Gasteiger partial charge on any atom is -0.296 e. The maximum Gasteiger partial charge on any atom is 0.170 e. The summed E-state index contributed by atoms with van der Waals surface area (Å²) in [7, 11) is 0. The van der Waals surface area contributed by atoms with E-state index < -0.39 is 0 Å². The molecule has 3 heteroatoms. The van der Waals surface area contributed by atoms with Crippen LogP contribution in [0.25, 0.3) is 11.3 Å². The minimum absolute atomic E-state index is 0.144. The summed E-state index contributed by atoms with van der Waals surface area (Å²) < 4.78 is 0. The minimum atomic E-state index is 0.144. The van der Waals surface area contributed by atoms with Crippen molar-refractivity contribution in [3.8, 4) is 11.3 Å². The van der Waals surface area contributed by atoms with Crippen LogP contribution in [0.15, 0.2) is 36.4 Å². The van der Waals surface area contributed by atoms with Crippen LogP contribution in [0.4, 0.5) is 0 Å². The molecule has 18 heavy (non-hydrogen) atoms. The fraction of sp³-hybridized carbons (Fsp3) is 0.267. The summed E-state index contributed by atoms with van der Waals surface area (Å²) in [6, 6.07) is 11.8. The topological polar surface area (TPSA) is 42.9 Å². The molecule has 92 valence electrons. The maximum absolute atomic E-state index is 10.5. The molecule has 0 amide bonds. The predicted molar refractivity (Wildman–Crippen MR) is 71.6 cm³/mol. The molecule has 0 unspecified atom stereocenters. The van der Waals surface area contributed by atoms with E-state index in [9.17, 15) is 4.79 Å². The molecule has 0 fully saturated rings. The molecular formula is C15H16N2O. The van der Waals surface area contributed by atoms with E-state index in [1.54, 1.807) is 6.07 Å². The standard InChI is InChI=1S/C15H16N2O/c1-15(2,3)12-6-4-11(5-7-12)14-9-8-13(10-18)16-17-14/h4-10H,1-3H3. The van der Waals surface area contributed by atoms with Crippen molar-refractivity contribution in [1.29, 1.82) is 0 Å². The Kier molecular flexibility index (Phi) is 3.24. The molecule has 1 aromatic carbocycles. The fourth-order valence-corrected chi connectivity index (χ4v) is 1.70. The van der Waals surface area contributed by atoms with E-state index in [0.29, 0.717) is 12.0 Å². The number of benzene rings is 1. The number of hydrogen-bond acceptors (Lipinski definition) is 3. The largest absolute Gasteiger partial charge is 0.296 e. The lowest BCUT2D eigenvalue weighted by Crippen LogP contribution is -2.10. The predicted octanol–water partition coefficient (Wildman–Crippen LogP) is 3.25. The van der Waals surface area contributed by atoms with Gasteiger partial charge in [0.25, 0.3) is 0 Å². The lowest BCUT2D eigenvalue weighted by atomic mass is 9.86. The van der Waals surface area contributed by atoms with Crippen molar-refractivity contribution in [1.82, 2.24) is 10.2 Å². The third kappa shape index (κ3) is 2.62. The van der Waals surface area contributed by atoms with Gasteiger partial charge in [-0.15, -0.1) is 10.2 Å². The van der Waals surface area contributed by atoms with E-state index in [2.05, 4.69) is 43.1 Å². The lowest BCUT2D eigenvalue weighted by Gasteiger charge is -2.19. The van der Waals surface area contributed by atoms with Gasteiger partial charge < -0.3 is 0 Å². The molecule has 3 nitrogen and oxygen atoms in total. The van der Waals surface area contributed by atoms with Crippen LogP contribution in [-0.2, 0) is 5.41 Å². The van der Waals surface area contributed by atoms with E-state index in [0.717, 1.165) is 11.3 Å². The molecule has 0 saturated carbocycles. The van der Waals surface area contributed by atoms with Crippen molar-refractivity contribution in [2.45, 2.75) is 26.2 Å². The molecule has 0 radical (unpaired) electrons. The molecule has 0 aliphatic heterocycles. The van der Waals surface area contributed by atoms with Crippen molar-refractivity contribution in [2.24, 2.45) is 0 Å². The van der Waals surface area contributed by atoms with Crippen LogP contribution in [0.2, 0.25) is 0 Å². The van der Waals surface area contributed by atoms with Gasteiger partial charge in [0, 0.05) is 5.56 Å². The molecule has 0 aliphatic carbocycles. The molecular weight excluding hydrogens is 224 g/mol. The number of aldehydes is 1. The third-order valence-corrected chi connectivity index (χ3v) is 2.85. The first-order chi connectivity index (χ1) is 8.50. The van der Waals surface area contributed by atoms with Crippen molar-refractivity contribution in [3.05, 3.63) is 47.7 Å². The molecule has 2 aromatic rings. The monoisotopic (exact) mass is 240 g/mol. The Morgan fingerprint density at radius 1 is 0.944 bits per heavy atom. The van der Waals surface area contributed by atoms with E-state index in [1.807, 2.05) is 18.2 Å². The zero-order valence-electron chi connectivity index (χ0n) is 10.8. The average Bonchev–Trinajstić information content (AvgIpc) is 2.38. The van der Waals surface area contributed by atoms with Crippen molar-refractivity contribution < 1.29 is 4.79 Å². The molecule has 0 aliphatic rings. The van der Waals surface area contributed by atoms with E-state index >= 15 is 0 Å². The second-order valence-corrected chi connectivity index (χ2v) is 5.29. The number of aromatic nitrogens is 2. The van der Waals surface area contributed by atoms with E-state index in [1.165, 1.54) is 5.56 Å². The van der Waals surface area contributed by atoms with Crippen LogP contribution in [0.1, 0.15) is 36.8 Å². The molecule has 1 aromatic heterocycles.